The zero-order chi connectivity index (χ0) is 35.5. The topological polar surface area (TPSA) is 228 Å². The van der Waals surface area contributed by atoms with Gasteiger partial charge in [0.05, 0.1) is 24.1 Å². The number of aliphatic hydroxyl groups excluding tert-OH is 4. The number of likely N-dealkylation sites (tertiary alicyclic amines) is 1. The van der Waals surface area contributed by atoms with Gasteiger partial charge in [0.1, 0.15) is 53.0 Å². The van der Waals surface area contributed by atoms with Gasteiger partial charge >= 0.3 is 5.97 Å². The predicted octanol–water partition coefficient (Wildman–Crippen LogP) is 0.495. The zero-order valence-electron chi connectivity index (χ0n) is 27.2. The summed E-state index contributed by atoms with van der Waals surface area (Å²) < 4.78 is 11.0. The van der Waals surface area contributed by atoms with Crippen molar-refractivity contribution in [2.75, 3.05) is 32.1 Å². The highest BCUT2D eigenvalue weighted by Crippen LogP contribution is 2.30. The molecule has 7 atom stereocenters. The van der Waals surface area contributed by atoms with Gasteiger partial charge in [-0.2, -0.15) is 0 Å². The van der Waals surface area contributed by atoms with Gasteiger partial charge in [-0.05, 0) is 50.3 Å². The second-order valence-corrected chi connectivity index (χ2v) is 13.3. The van der Waals surface area contributed by atoms with Crippen molar-refractivity contribution in [3.63, 3.8) is 0 Å². The molecule has 2 saturated heterocycles. The van der Waals surface area contributed by atoms with Crippen molar-refractivity contribution in [3.8, 4) is 11.5 Å². The zero-order valence-corrected chi connectivity index (χ0v) is 28.0. The third-order valence-corrected chi connectivity index (χ3v) is 9.40. The summed E-state index contributed by atoms with van der Waals surface area (Å²) >= 11 is 0.900. The van der Waals surface area contributed by atoms with Gasteiger partial charge in [-0.3, -0.25) is 9.59 Å². The number of cyclic esters (lactones) is 1. The average Bonchev–Trinajstić information content (AvgIpc) is 3.06. The molecule has 16 heteroatoms. The van der Waals surface area contributed by atoms with E-state index in [0.29, 0.717) is 13.1 Å². The number of aliphatic hydroxyl groups is 4. The van der Waals surface area contributed by atoms with Gasteiger partial charge in [0.15, 0.2) is 6.61 Å². The summed E-state index contributed by atoms with van der Waals surface area (Å²) in [5, 5.41) is 67.6. The van der Waals surface area contributed by atoms with Gasteiger partial charge in [0.25, 0.3) is 5.91 Å². The number of phenols is 2. The van der Waals surface area contributed by atoms with Crippen molar-refractivity contribution < 1.29 is 59.3 Å². The number of oxime groups is 1. The lowest BCUT2D eigenvalue weighted by Gasteiger charge is -2.39. The third-order valence-electron chi connectivity index (χ3n) is 8.26. The molecule has 1 aromatic carbocycles. The highest BCUT2D eigenvalue weighted by molar-refractivity contribution is 8.00. The number of nitrogens with one attached hydrogen (secondary N) is 1. The van der Waals surface area contributed by atoms with Crippen LogP contribution < -0.4 is 5.32 Å². The Morgan fingerprint density at radius 1 is 1.06 bits per heavy atom. The Labute approximate surface area is 288 Å². The highest BCUT2D eigenvalue weighted by atomic mass is 32.2. The van der Waals surface area contributed by atoms with Crippen molar-refractivity contribution >= 4 is 35.3 Å². The van der Waals surface area contributed by atoms with Gasteiger partial charge in [-0.1, -0.05) is 23.4 Å². The molecule has 2 fully saturated rings. The fourth-order valence-corrected chi connectivity index (χ4v) is 6.62. The number of benzene rings is 1. The Bertz CT molecular complexity index is 1400. The number of nitrogens with zero attached hydrogens (tertiary/aromatic N) is 2. The monoisotopic (exact) mass is 707 g/mol. The fraction of sp³-hybridized carbons (Fsp3) is 0.576. The Morgan fingerprint density at radius 3 is 2.55 bits per heavy atom. The minimum Gasteiger partial charge on any atom is -0.508 e. The Kier molecular flexibility index (Phi) is 14.3. The molecule has 0 aromatic heterocycles. The molecule has 4 rings (SSSR count). The number of allylic oxidation sites excluding steroid dienone is 1. The molecule has 3 heterocycles. The minimum atomic E-state index is -1.56. The molecule has 5 unspecified atom stereocenters. The van der Waals surface area contributed by atoms with Crippen LogP contribution in [0.25, 0.3) is 0 Å². The molecule has 0 radical (unpaired) electrons. The summed E-state index contributed by atoms with van der Waals surface area (Å²) in [6.07, 6.45) is 3.85. The molecular weight excluding hydrogens is 662 g/mol. The van der Waals surface area contributed by atoms with Crippen LogP contribution in [-0.2, 0) is 30.3 Å². The molecule has 270 valence electrons. The van der Waals surface area contributed by atoms with Crippen molar-refractivity contribution in [1.29, 1.82) is 0 Å². The number of carbonyl (C=O) groups excluding carboxylic acids is 3. The van der Waals surface area contributed by atoms with Crippen LogP contribution in [0.1, 0.15) is 54.9 Å². The lowest BCUT2D eigenvalue weighted by molar-refractivity contribution is -0.205. The molecule has 15 nitrogen and oxygen atoms in total. The van der Waals surface area contributed by atoms with E-state index < -0.39 is 66.2 Å². The number of aromatic hydroxyl groups is 2. The van der Waals surface area contributed by atoms with E-state index in [1.807, 2.05) is 0 Å². The second-order valence-electron chi connectivity index (χ2n) is 12.2. The summed E-state index contributed by atoms with van der Waals surface area (Å²) in [7, 11) is 0. The largest absolute Gasteiger partial charge is 0.508 e. The molecule has 7 N–H and O–H groups in total. The van der Waals surface area contributed by atoms with E-state index in [0.717, 1.165) is 37.1 Å². The van der Waals surface area contributed by atoms with E-state index in [1.165, 1.54) is 6.07 Å². The molecule has 3 aliphatic heterocycles. The first-order valence-corrected chi connectivity index (χ1v) is 17.3. The van der Waals surface area contributed by atoms with Crippen LogP contribution in [0.15, 0.2) is 41.6 Å². The minimum absolute atomic E-state index is 0.0855. The number of fused-ring (bicyclic) bond motifs is 1. The van der Waals surface area contributed by atoms with Crippen LogP contribution in [0.5, 0.6) is 11.5 Å². The Balaban J connectivity index is 1.50. The number of thioether (sulfide) groups is 1. The van der Waals surface area contributed by atoms with Crippen LogP contribution >= 0.6 is 11.8 Å². The molecular formula is C33H45N3O12S. The van der Waals surface area contributed by atoms with E-state index in [9.17, 15) is 45.0 Å². The van der Waals surface area contributed by atoms with Crippen LogP contribution in [0.4, 0.5) is 0 Å². The normalized spacial score (nSPS) is 30.4. The number of amides is 2. The SMILES string of the molecule is C[C@@H]1C/C=C/[C@@H](NC(=O)CSC2OC(CO)C(O)C(O)C2O)C/C=C/C(=N\OCC(=O)N2CCCCC2)Cc2cc(O)cc(O)c2C(=O)O1. The number of phenolic OH excluding ortho intramolecular Hbond substituents is 2. The first kappa shape index (κ1) is 38.1. The highest BCUT2D eigenvalue weighted by Gasteiger charge is 2.43. The first-order valence-electron chi connectivity index (χ1n) is 16.2. The molecule has 0 spiro atoms. The second kappa shape index (κ2) is 18.4. The standard InChI is InChI=1S/C33H45N3O12S/c1-19-7-5-8-21(34-26(40)18-49-33-31(44)30(43)29(42)25(16-37)48-33)9-6-10-22(35-46-17-27(41)36-11-3-2-4-12-36)13-20-14-23(38)15-24(39)28(20)32(45)47-19/h5-6,8,10,14-15,19,21,25,29-31,33,37-39,42-44H,2-4,7,9,11-13,16-18H2,1H3,(H,34,40)/b8-5+,10-6+,35-22+/t19-,21-,25?,29?,30?,31?,33?/m1/s1. The van der Waals surface area contributed by atoms with Gasteiger partial charge in [-0.15, -0.1) is 11.8 Å². The number of piperidine rings is 1. The van der Waals surface area contributed by atoms with E-state index >= 15 is 0 Å². The van der Waals surface area contributed by atoms with Gasteiger partial charge in [0, 0.05) is 32.0 Å². The number of carbonyl (C=O) groups is 3. The predicted molar refractivity (Wildman–Crippen MR) is 178 cm³/mol. The molecule has 1 aromatic rings. The maximum absolute atomic E-state index is 13.2. The third kappa shape index (κ3) is 10.9. The maximum atomic E-state index is 13.2. The lowest BCUT2D eigenvalue weighted by atomic mass is 9.99. The van der Waals surface area contributed by atoms with Gasteiger partial charge in [0.2, 0.25) is 5.91 Å². The Morgan fingerprint density at radius 2 is 1.82 bits per heavy atom. The Hall–Kier alpha value is -3.67. The van der Waals surface area contributed by atoms with Crippen molar-refractivity contribution in [3.05, 3.63) is 47.6 Å². The molecule has 0 bridgehead atoms. The first-order chi connectivity index (χ1) is 23.5. The summed E-state index contributed by atoms with van der Waals surface area (Å²) in [5.74, 6) is -2.39. The van der Waals surface area contributed by atoms with E-state index in [2.05, 4.69) is 10.5 Å². The van der Waals surface area contributed by atoms with Crippen molar-refractivity contribution in [2.45, 2.75) is 87.4 Å². The van der Waals surface area contributed by atoms with E-state index in [1.54, 1.807) is 36.1 Å². The van der Waals surface area contributed by atoms with Crippen LogP contribution in [0, 0.1) is 0 Å². The number of rotatable bonds is 8. The van der Waals surface area contributed by atoms with Crippen LogP contribution in [0.2, 0.25) is 0 Å². The van der Waals surface area contributed by atoms with Crippen LogP contribution in [-0.4, -0.2) is 133 Å². The quantitative estimate of drug-likeness (QED) is 0.111. The molecule has 0 aliphatic carbocycles. The fourth-order valence-electron chi connectivity index (χ4n) is 5.64. The average molecular weight is 708 g/mol. The maximum Gasteiger partial charge on any atom is 0.342 e. The van der Waals surface area contributed by atoms with E-state index in [-0.39, 0.29) is 60.1 Å². The number of hydrogen-bond donors (Lipinski definition) is 7. The number of esters is 1. The molecule has 2 amide bonds. The van der Waals surface area contributed by atoms with Gasteiger partial charge < -0.3 is 55.2 Å². The van der Waals surface area contributed by atoms with Crippen LogP contribution in [0.3, 0.4) is 0 Å². The number of ether oxygens (including phenoxy) is 2. The van der Waals surface area contributed by atoms with Crippen molar-refractivity contribution in [1.82, 2.24) is 10.2 Å². The molecule has 0 saturated carbocycles. The number of hydrogen-bond acceptors (Lipinski definition) is 14. The summed E-state index contributed by atoms with van der Waals surface area (Å²) in [5.41, 5.74) is -0.744. The molecule has 49 heavy (non-hydrogen) atoms. The summed E-state index contributed by atoms with van der Waals surface area (Å²) in [4.78, 5) is 45.9. The smallest absolute Gasteiger partial charge is 0.342 e. The lowest BCUT2D eigenvalue weighted by Crippen LogP contribution is -2.57. The van der Waals surface area contributed by atoms with Crippen molar-refractivity contribution in [2.24, 2.45) is 5.16 Å². The van der Waals surface area contributed by atoms with Gasteiger partial charge in [-0.25, -0.2) is 4.79 Å². The summed E-state index contributed by atoms with van der Waals surface area (Å²) in [6, 6.07) is 1.80. The molecule has 3 aliphatic rings. The summed E-state index contributed by atoms with van der Waals surface area (Å²) in [6.45, 7) is 2.07. The van der Waals surface area contributed by atoms with E-state index in [4.69, 9.17) is 14.3 Å².